The zero-order chi connectivity index (χ0) is 16.1. The maximum atomic E-state index is 13.0. The van der Waals surface area contributed by atoms with Crippen LogP contribution in [-0.2, 0) is 10.0 Å². The largest absolute Gasteiger partial charge is 0.388 e. The van der Waals surface area contributed by atoms with Gasteiger partial charge < -0.3 is 5.11 Å². The van der Waals surface area contributed by atoms with Gasteiger partial charge in [0, 0.05) is 17.1 Å². The molecule has 2 N–H and O–H groups in total. The number of H-pyrrole nitrogens is 1. The lowest BCUT2D eigenvalue weighted by atomic mass is 10.0. The van der Waals surface area contributed by atoms with E-state index in [9.17, 15) is 13.5 Å². The third-order valence-electron chi connectivity index (χ3n) is 3.83. The summed E-state index contributed by atoms with van der Waals surface area (Å²) in [4.78, 5) is 0.185. The summed E-state index contributed by atoms with van der Waals surface area (Å²) in [6, 6.07) is 4.86. The van der Waals surface area contributed by atoms with Crippen LogP contribution in [0.2, 0.25) is 5.02 Å². The van der Waals surface area contributed by atoms with Crippen LogP contribution in [0.5, 0.6) is 0 Å². The molecule has 1 aromatic carbocycles. The molecular formula is C14H16ClN3O3S. The SMILES string of the molecule is Cc1n[nH]c(C)c1S(=O)(=O)N1CCC(O)c2cc(Cl)ccc21. The summed E-state index contributed by atoms with van der Waals surface area (Å²) in [7, 11) is -3.74. The van der Waals surface area contributed by atoms with E-state index in [1.165, 1.54) is 4.31 Å². The first kappa shape index (κ1) is 15.3. The molecule has 8 heteroatoms. The Morgan fingerprint density at radius 1 is 1.41 bits per heavy atom. The molecule has 0 radical (unpaired) electrons. The quantitative estimate of drug-likeness (QED) is 0.877. The molecule has 1 aliphatic rings. The van der Waals surface area contributed by atoms with Gasteiger partial charge in [-0.05, 0) is 38.5 Å². The minimum atomic E-state index is -3.74. The zero-order valence-electron chi connectivity index (χ0n) is 12.2. The number of anilines is 1. The third-order valence-corrected chi connectivity index (χ3v) is 6.14. The minimum Gasteiger partial charge on any atom is -0.388 e. The highest BCUT2D eigenvalue weighted by molar-refractivity contribution is 7.93. The van der Waals surface area contributed by atoms with Gasteiger partial charge in [-0.15, -0.1) is 0 Å². The number of sulfonamides is 1. The van der Waals surface area contributed by atoms with Crippen LogP contribution in [0.1, 0.15) is 29.5 Å². The van der Waals surface area contributed by atoms with Gasteiger partial charge in [0.2, 0.25) is 0 Å². The summed E-state index contributed by atoms with van der Waals surface area (Å²) in [5.74, 6) is 0. The van der Waals surface area contributed by atoms with Gasteiger partial charge in [0.15, 0.2) is 0 Å². The Bertz CT molecular complexity index is 812. The summed E-state index contributed by atoms with van der Waals surface area (Å²) in [6.45, 7) is 3.54. The van der Waals surface area contributed by atoms with Crippen molar-refractivity contribution < 1.29 is 13.5 Å². The summed E-state index contributed by atoms with van der Waals surface area (Å²) in [5, 5.41) is 17.2. The number of hydrogen-bond acceptors (Lipinski definition) is 4. The van der Waals surface area contributed by atoms with Crippen LogP contribution in [0, 0.1) is 13.8 Å². The lowest BCUT2D eigenvalue weighted by Crippen LogP contribution is -2.37. The van der Waals surface area contributed by atoms with E-state index in [1.54, 1.807) is 32.0 Å². The lowest BCUT2D eigenvalue weighted by molar-refractivity contribution is 0.166. The molecule has 2 heterocycles. The first-order valence-electron chi connectivity index (χ1n) is 6.84. The van der Waals surface area contributed by atoms with Crippen LogP contribution in [-0.4, -0.2) is 30.3 Å². The predicted octanol–water partition coefficient (Wildman–Crippen LogP) is 2.31. The minimum absolute atomic E-state index is 0.185. The van der Waals surface area contributed by atoms with Crippen molar-refractivity contribution in [3.8, 4) is 0 Å². The number of fused-ring (bicyclic) bond motifs is 1. The van der Waals surface area contributed by atoms with Crippen molar-refractivity contribution in [2.45, 2.75) is 31.3 Å². The van der Waals surface area contributed by atoms with E-state index in [1.807, 2.05) is 0 Å². The molecule has 1 atom stereocenters. The molecule has 0 bridgehead atoms. The molecule has 6 nitrogen and oxygen atoms in total. The Balaban J connectivity index is 2.16. The fourth-order valence-corrected chi connectivity index (χ4v) is 4.84. The molecule has 0 saturated carbocycles. The second kappa shape index (κ2) is 5.26. The van der Waals surface area contributed by atoms with Gasteiger partial charge in [0.25, 0.3) is 10.0 Å². The molecule has 1 aromatic heterocycles. The topological polar surface area (TPSA) is 86.3 Å². The highest BCUT2D eigenvalue weighted by Crippen LogP contribution is 2.39. The number of aliphatic hydroxyl groups excluding tert-OH is 1. The standard InChI is InChI=1S/C14H16ClN3O3S/c1-8-14(9(2)17-16-8)22(20,21)18-6-5-13(19)11-7-10(15)3-4-12(11)18/h3-4,7,13,19H,5-6H2,1-2H3,(H,16,17). The van der Waals surface area contributed by atoms with Crippen molar-refractivity contribution in [2.24, 2.45) is 0 Å². The summed E-state index contributed by atoms with van der Waals surface area (Å²) < 4.78 is 27.3. The van der Waals surface area contributed by atoms with Crippen LogP contribution in [0.15, 0.2) is 23.1 Å². The zero-order valence-corrected chi connectivity index (χ0v) is 13.7. The van der Waals surface area contributed by atoms with Gasteiger partial charge in [-0.1, -0.05) is 11.6 Å². The molecule has 0 fully saturated rings. The predicted molar refractivity (Wildman–Crippen MR) is 83.6 cm³/mol. The van der Waals surface area contributed by atoms with Crippen molar-refractivity contribution in [2.75, 3.05) is 10.8 Å². The molecule has 2 aromatic rings. The summed E-state index contributed by atoms with van der Waals surface area (Å²) in [6.07, 6.45) is -0.394. The van der Waals surface area contributed by atoms with Gasteiger partial charge in [-0.2, -0.15) is 5.10 Å². The van der Waals surface area contributed by atoms with Crippen LogP contribution in [0.4, 0.5) is 5.69 Å². The van der Waals surface area contributed by atoms with Gasteiger partial charge in [-0.3, -0.25) is 9.40 Å². The van der Waals surface area contributed by atoms with E-state index in [2.05, 4.69) is 10.2 Å². The average molecular weight is 342 g/mol. The van der Waals surface area contributed by atoms with Crippen molar-refractivity contribution in [1.29, 1.82) is 0 Å². The van der Waals surface area contributed by atoms with Crippen molar-refractivity contribution >= 4 is 27.3 Å². The monoisotopic (exact) mass is 341 g/mol. The van der Waals surface area contributed by atoms with E-state index in [0.717, 1.165) is 0 Å². The normalized spacial score (nSPS) is 18.4. The van der Waals surface area contributed by atoms with Gasteiger partial charge in [0.1, 0.15) is 4.90 Å². The molecule has 1 aliphatic heterocycles. The van der Waals surface area contributed by atoms with Crippen molar-refractivity contribution in [3.63, 3.8) is 0 Å². The maximum absolute atomic E-state index is 13.0. The second-order valence-corrected chi connectivity index (χ2v) is 7.58. The first-order chi connectivity index (χ1) is 10.3. The Kier molecular flexibility index (Phi) is 3.66. The molecule has 1 unspecified atom stereocenters. The van der Waals surface area contributed by atoms with Gasteiger partial charge in [-0.25, -0.2) is 8.42 Å². The molecule has 22 heavy (non-hydrogen) atoms. The average Bonchev–Trinajstić information content (AvgIpc) is 2.79. The van der Waals surface area contributed by atoms with Gasteiger partial charge >= 0.3 is 0 Å². The number of rotatable bonds is 2. The van der Waals surface area contributed by atoms with E-state index in [-0.39, 0.29) is 11.4 Å². The maximum Gasteiger partial charge on any atom is 0.267 e. The fourth-order valence-electron chi connectivity index (χ4n) is 2.82. The summed E-state index contributed by atoms with van der Waals surface area (Å²) >= 11 is 5.96. The van der Waals surface area contributed by atoms with Crippen LogP contribution >= 0.6 is 11.6 Å². The first-order valence-corrected chi connectivity index (χ1v) is 8.66. The lowest BCUT2D eigenvalue weighted by Gasteiger charge is -2.33. The van der Waals surface area contributed by atoms with E-state index in [0.29, 0.717) is 34.1 Å². The smallest absolute Gasteiger partial charge is 0.267 e. The molecule has 0 spiro atoms. The van der Waals surface area contributed by atoms with Crippen LogP contribution in [0.25, 0.3) is 0 Å². The number of aromatic nitrogens is 2. The number of halogens is 1. The number of aryl methyl sites for hydroxylation is 2. The highest BCUT2D eigenvalue weighted by Gasteiger charge is 2.35. The number of nitrogens with one attached hydrogen (secondary N) is 1. The number of aromatic amines is 1. The number of benzene rings is 1. The third kappa shape index (κ3) is 2.29. The number of hydrogen-bond donors (Lipinski definition) is 2. The highest BCUT2D eigenvalue weighted by atomic mass is 35.5. The molecule has 118 valence electrons. The fraction of sp³-hybridized carbons (Fsp3) is 0.357. The van der Waals surface area contributed by atoms with E-state index >= 15 is 0 Å². The molecular weight excluding hydrogens is 326 g/mol. The molecule has 0 saturated heterocycles. The Morgan fingerprint density at radius 2 is 2.14 bits per heavy atom. The van der Waals surface area contributed by atoms with Gasteiger partial charge in [0.05, 0.1) is 23.2 Å². The van der Waals surface area contributed by atoms with E-state index < -0.39 is 16.1 Å². The Hall–Kier alpha value is -1.57. The molecule has 3 rings (SSSR count). The number of aliphatic hydroxyl groups is 1. The van der Waals surface area contributed by atoms with E-state index in [4.69, 9.17) is 11.6 Å². The van der Waals surface area contributed by atoms with Crippen LogP contribution in [0.3, 0.4) is 0 Å². The Morgan fingerprint density at radius 3 is 2.77 bits per heavy atom. The summed E-state index contributed by atoms with van der Waals surface area (Å²) in [5.41, 5.74) is 1.92. The number of nitrogens with zero attached hydrogens (tertiary/aromatic N) is 2. The van der Waals surface area contributed by atoms with Crippen LogP contribution < -0.4 is 4.31 Å². The van der Waals surface area contributed by atoms with Crippen molar-refractivity contribution in [1.82, 2.24) is 10.2 Å². The second-order valence-electron chi connectivity index (χ2n) is 5.35. The molecule has 0 amide bonds. The van der Waals surface area contributed by atoms with Crippen molar-refractivity contribution in [3.05, 3.63) is 40.2 Å². The Labute approximate surface area is 133 Å². The molecule has 0 aliphatic carbocycles.